The summed E-state index contributed by atoms with van der Waals surface area (Å²) in [4.78, 5) is 0. The van der Waals surface area contributed by atoms with E-state index in [9.17, 15) is 0 Å². The molecule has 0 aromatic heterocycles. The Hall–Kier alpha value is -1.87. The Morgan fingerprint density at radius 1 is 0.455 bits per heavy atom. The van der Waals surface area contributed by atoms with Crippen molar-refractivity contribution in [1.29, 1.82) is 0 Å². The Bertz CT molecular complexity index is 681. The van der Waals surface area contributed by atoms with Crippen LogP contribution in [-0.4, -0.2) is 12.9 Å². The van der Waals surface area contributed by atoms with Crippen molar-refractivity contribution in [3.05, 3.63) is 91.0 Å². The van der Waals surface area contributed by atoms with Gasteiger partial charge in [-0.25, -0.2) is 0 Å². The molecule has 0 aliphatic carbocycles. The molecule has 0 fully saturated rings. The molecular weight excluding hydrogens is 440 g/mol. The molecule has 3 rings (SSSR count). The molecular formula is C30H45ClOSi. The van der Waals surface area contributed by atoms with E-state index in [-0.39, 0.29) is 5.48 Å². The Morgan fingerprint density at radius 2 is 0.667 bits per heavy atom. The van der Waals surface area contributed by atoms with Crippen molar-refractivity contribution in [2.24, 2.45) is 0 Å². The third-order valence-corrected chi connectivity index (χ3v) is 10.8. The summed E-state index contributed by atoms with van der Waals surface area (Å²) >= 11 is 7.25. The molecule has 182 valence electrons. The highest BCUT2D eigenvalue weighted by Gasteiger charge is 2.37. The highest BCUT2D eigenvalue weighted by atomic mass is 35.6. The summed E-state index contributed by atoms with van der Waals surface area (Å²) in [6, 6.07) is 31.3. The SMILES string of the molecule is CCCCCC.CCCCCC.Cl[Si](c1ccccc1)(c1ccccc1)c1ccccc1.O. The van der Waals surface area contributed by atoms with E-state index in [1.54, 1.807) is 0 Å². The fourth-order valence-electron chi connectivity index (χ4n) is 3.50. The molecule has 0 amide bonds. The van der Waals surface area contributed by atoms with Crippen LogP contribution in [-0.2, 0) is 0 Å². The maximum atomic E-state index is 7.25. The minimum absolute atomic E-state index is 0. The average molecular weight is 485 g/mol. The molecule has 0 bridgehead atoms. The second-order valence-corrected chi connectivity index (χ2v) is 12.9. The molecule has 0 saturated heterocycles. The molecule has 2 N–H and O–H groups in total. The van der Waals surface area contributed by atoms with Crippen molar-refractivity contribution in [1.82, 2.24) is 0 Å². The normalized spacial score (nSPS) is 10.1. The smallest absolute Gasteiger partial charge is 0.247 e. The average Bonchev–Trinajstić information content (AvgIpc) is 2.88. The van der Waals surface area contributed by atoms with E-state index in [1.807, 2.05) is 18.2 Å². The maximum absolute atomic E-state index is 7.25. The Morgan fingerprint density at radius 3 is 0.848 bits per heavy atom. The lowest BCUT2D eigenvalue weighted by molar-refractivity contribution is 0.702. The van der Waals surface area contributed by atoms with Gasteiger partial charge in [0.15, 0.2) is 0 Å². The first-order valence-corrected chi connectivity index (χ1v) is 15.5. The maximum Gasteiger partial charge on any atom is 0.247 e. The summed E-state index contributed by atoms with van der Waals surface area (Å²) in [5, 5.41) is 3.66. The first kappa shape index (κ1) is 31.1. The third-order valence-electron chi connectivity index (χ3n) is 5.43. The fraction of sp³-hybridized carbons (Fsp3) is 0.400. The summed E-state index contributed by atoms with van der Waals surface area (Å²) in [6.45, 7) is 8.93. The van der Waals surface area contributed by atoms with Crippen LogP contribution in [0.2, 0.25) is 0 Å². The molecule has 1 nitrogen and oxygen atoms in total. The van der Waals surface area contributed by atoms with Gasteiger partial charge in [-0.3, -0.25) is 0 Å². The van der Waals surface area contributed by atoms with Gasteiger partial charge in [0.2, 0.25) is 7.38 Å². The van der Waals surface area contributed by atoms with Gasteiger partial charge in [0.05, 0.1) is 0 Å². The molecule has 0 radical (unpaired) electrons. The van der Waals surface area contributed by atoms with Gasteiger partial charge in [0, 0.05) is 0 Å². The van der Waals surface area contributed by atoms with Crippen molar-refractivity contribution in [2.75, 3.05) is 0 Å². The van der Waals surface area contributed by atoms with Crippen LogP contribution < -0.4 is 15.6 Å². The van der Waals surface area contributed by atoms with Gasteiger partial charge in [-0.05, 0) is 15.6 Å². The van der Waals surface area contributed by atoms with Crippen LogP contribution in [0.25, 0.3) is 0 Å². The van der Waals surface area contributed by atoms with Crippen molar-refractivity contribution in [3.8, 4) is 0 Å². The summed E-state index contributed by atoms with van der Waals surface area (Å²) in [5.41, 5.74) is 0. The van der Waals surface area contributed by atoms with Gasteiger partial charge in [-0.2, -0.15) is 0 Å². The highest BCUT2D eigenvalue weighted by Crippen LogP contribution is 2.11. The van der Waals surface area contributed by atoms with Crippen LogP contribution in [0.5, 0.6) is 0 Å². The number of rotatable bonds is 9. The summed E-state index contributed by atoms with van der Waals surface area (Å²) in [6.07, 6.45) is 11.1. The number of benzene rings is 3. The second-order valence-electron chi connectivity index (χ2n) is 8.17. The van der Waals surface area contributed by atoms with E-state index < -0.39 is 7.38 Å². The van der Waals surface area contributed by atoms with E-state index in [4.69, 9.17) is 11.1 Å². The van der Waals surface area contributed by atoms with Crippen LogP contribution in [0, 0.1) is 0 Å². The zero-order valence-corrected chi connectivity index (χ0v) is 23.0. The van der Waals surface area contributed by atoms with Crippen LogP contribution >= 0.6 is 11.1 Å². The summed E-state index contributed by atoms with van der Waals surface area (Å²) in [7, 11) is -2.41. The van der Waals surface area contributed by atoms with Gasteiger partial charge in [0.25, 0.3) is 0 Å². The molecule has 0 atom stereocenters. The quantitative estimate of drug-likeness (QED) is 0.133. The van der Waals surface area contributed by atoms with Crippen LogP contribution in [0.1, 0.15) is 79.1 Å². The van der Waals surface area contributed by atoms with Gasteiger partial charge in [-0.1, -0.05) is 170 Å². The topological polar surface area (TPSA) is 31.5 Å². The first-order chi connectivity index (χ1) is 15.6. The van der Waals surface area contributed by atoms with Crippen molar-refractivity contribution >= 4 is 34.0 Å². The van der Waals surface area contributed by atoms with Gasteiger partial charge in [0.1, 0.15) is 0 Å². The Balaban J connectivity index is 0.000000660. The van der Waals surface area contributed by atoms with Gasteiger partial charge in [-0.15, -0.1) is 11.1 Å². The van der Waals surface area contributed by atoms with Gasteiger partial charge >= 0.3 is 0 Å². The largest absolute Gasteiger partial charge is 0.412 e. The van der Waals surface area contributed by atoms with E-state index in [2.05, 4.69) is 100 Å². The number of halogens is 1. The minimum Gasteiger partial charge on any atom is -0.412 e. The van der Waals surface area contributed by atoms with Crippen LogP contribution in [0.4, 0.5) is 0 Å². The van der Waals surface area contributed by atoms with E-state index in [0.717, 1.165) is 0 Å². The van der Waals surface area contributed by atoms with E-state index in [0.29, 0.717) is 0 Å². The molecule has 0 heterocycles. The Labute approximate surface area is 209 Å². The number of unbranched alkanes of at least 4 members (excludes halogenated alkanes) is 6. The molecule has 3 aromatic rings. The standard InChI is InChI=1S/C18H15ClSi.2C6H14.H2O/c19-20(16-10-4-1-5-11-16,17-12-6-2-7-13-17)18-14-8-3-9-15-18;2*1-3-5-6-4-2;/h1-15H;2*3-6H2,1-2H3;1H2. The second kappa shape index (κ2) is 19.6. The zero-order valence-electron chi connectivity index (χ0n) is 21.2. The molecule has 0 aliphatic heterocycles. The third kappa shape index (κ3) is 11.2. The van der Waals surface area contributed by atoms with Crippen molar-refractivity contribution in [3.63, 3.8) is 0 Å². The lowest BCUT2D eigenvalue weighted by atomic mass is 10.2. The minimum atomic E-state index is -2.41. The monoisotopic (exact) mass is 484 g/mol. The predicted molar refractivity (Wildman–Crippen MR) is 153 cm³/mol. The molecule has 3 aromatic carbocycles. The van der Waals surface area contributed by atoms with Crippen LogP contribution in [0.15, 0.2) is 91.0 Å². The fourth-order valence-corrected chi connectivity index (χ4v) is 7.59. The first-order valence-electron chi connectivity index (χ1n) is 12.5. The zero-order chi connectivity index (χ0) is 23.5. The molecule has 0 spiro atoms. The van der Waals surface area contributed by atoms with Crippen molar-refractivity contribution < 1.29 is 5.48 Å². The lowest BCUT2D eigenvalue weighted by Crippen LogP contribution is -2.62. The molecule has 0 unspecified atom stereocenters. The molecule has 33 heavy (non-hydrogen) atoms. The molecule has 0 aliphatic rings. The Kier molecular flexibility index (Phi) is 18.5. The number of hydrogen-bond acceptors (Lipinski definition) is 0. The lowest BCUT2D eigenvalue weighted by Gasteiger charge is -2.26. The van der Waals surface area contributed by atoms with E-state index >= 15 is 0 Å². The summed E-state index contributed by atoms with van der Waals surface area (Å²) < 4.78 is 0. The van der Waals surface area contributed by atoms with E-state index in [1.165, 1.54) is 66.9 Å². The van der Waals surface area contributed by atoms with Crippen molar-refractivity contribution in [2.45, 2.75) is 79.1 Å². The highest BCUT2D eigenvalue weighted by molar-refractivity contribution is 7.40. The van der Waals surface area contributed by atoms with Crippen LogP contribution in [0.3, 0.4) is 0 Å². The number of hydrogen-bond donors (Lipinski definition) is 0. The molecule has 3 heteroatoms. The van der Waals surface area contributed by atoms with Gasteiger partial charge < -0.3 is 5.48 Å². The summed E-state index contributed by atoms with van der Waals surface area (Å²) in [5.74, 6) is 0. The molecule has 0 saturated carbocycles. The predicted octanol–water partition coefficient (Wildman–Crippen LogP) is 7.24.